The number of rotatable bonds is 9. The number of hydrogen-bond acceptors (Lipinski definition) is 3. The average molecular weight is 425 g/mol. The first-order chi connectivity index (χ1) is 14.5. The van der Waals surface area contributed by atoms with E-state index in [1.54, 1.807) is 36.4 Å². The quantitative estimate of drug-likeness (QED) is 0.343. The van der Waals surface area contributed by atoms with Crippen LogP contribution in [0.3, 0.4) is 0 Å². The van der Waals surface area contributed by atoms with Crippen molar-refractivity contribution in [3.8, 4) is 0 Å². The van der Waals surface area contributed by atoms with Gasteiger partial charge in [0.15, 0.2) is 0 Å². The second-order valence-electron chi connectivity index (χ2n) is 6.50. The maximum atomic E-state index is 12.0. The molecule has 0 aliphatic rings. The van der Waals surface area contributed by atoms with E-state index in [-0.39, 0.29) is 18.4 Å². The van der Waals surface area contributed by atoms with Gasteiger partial charge in [0, 0.05) is 30.0 Å². The largest absolute Gasteiger partial charge is 0.352 e. The Kier molecular flexibility index (Phi) is 9.34. The van der Waals surface area contributed by atoms with Gasteiger partial charge in [-0.15, -0.1) is 0 Å². The molecule has 2 aromatic rings. The molecule has 0 spiro atoms. The number of carbonyl (C=O) groups excluding carboxylic acids is 2. The minimum Gasteiger partial charge on any atom is -0.352 e. The van der Waals surface area contributed by atoms with Gasteiger partial charge < -0.3 is 21.4 Å². The van der Waals surface area contributed by atoms with E-state index in [4.69, 9.17) is 17.0 Å². The Labute approximate surface area is 181 Å². The van der Waals surface area contributed by atoms with Crippen LogP contribution in [0, 0.1) is 5.41 Å². The lowest BCUT2D eigenvalue weighted by Crippen LogP contribution is -2.28. The minimum absolute atomic E-state index is 0.154. The van der Waals surface area contributed by atoms with Gasteiger partial charge in [0.05, 0.1) is 6.42 Å². The van der Waals surface area contributed by atoms with Gasteiger partial charge in [-0.3, -0.25) is 4.79 Å². The number of allylic oxidation sites excluding steroid dienone is 3. The van der Waals surface area contributed by atoms with Crippen LogP contribution >= 0.6 is 11.6 Å². The summed E-state index contributed by atoms with van der Waals surface area (Å²) in [6.07, 6.45) is 6.71. The molecule has 0 bridgehead atoms. The van der Waals surface area contributed by atoms with Gasteiger partial charge in [0.1, 0.15) is 0 Å². The van der Waals surface area contributed by atoms with Crippen molar-refractivity contribution in [3.05, 3.63) is 88.5 Å². The second-order valence-corrected chi connectivity index (χ2v) is 6.93. The lowest BCUT2D eigenvalue weighted by Gasteiger charge is -2.09. The van der Waals surface area contributed by atoms with Crippen molar-refractivity contribution >= 4 is 35.4 Å². The summed E-state index contributed by atoms with van der Waals surface area (Å²) in [5.74, 6) is -0.155. The Bertz CT molecular complexity index is 919. The van der Waals surface area contributed by atoms with E-state index < -0.39 is 0 Å². The fraction of sp³-hybridized carbons (Fsp3) is 0.174. The first-order valence-corrected chi connectivity index (χ1v) is 9.85. The lowest BCUT2D eigenvalue weighted by atomic mass is 10.1. The number of hydrogen-bond donors (Lipinski definition) is 4. The van der Waals surface area contributed by atoms with Gasteiger partial charge in [-0.05, 0) is 47.9 Å². The van der Waals surface area contributed by atoms with E-state index in [0.717, 1.165) is 11.1 Å². The molecule has 156 valence electrons. The Hall–Kier alpha value is -3.38. The van der Waals surface area contributed by atoms with Crippen LogP contribution in [0.1, 0.15) is 24.5 Å². The summed E-state index contributed by atoms with van der Waals surface area (Å²) in [5, 5.41) is 16.4. The average Bonchev–Trinajstić information content (AvgIpc) is 2.75. The summed E-state index contributed by atoms with van der Waals surface area (Å²) in [6.45, 7) is 2.64. The SMILES string of the molecule is C/C=C\C=C(/C=N)CC(=O)NCc1ccc(NC(=O)NCc2ccc(Cl)cc2)cc1. The van der Waals surface area contributed by atoms with Gasteiger partial charge in [-0.25, -0.2) is 4.79 Å². The van der Waals surface area contributed by atoms with Crippen LogP contribution in [-0.4, -0.2) is 18.2 Å². The highest BCUT2D eigenvalue weighted by Crippen LogP contribution is 2.11. The van der Waals surface area contributed by atoms with Crippen molar-refractivity contribution in [2.75, 3.05) is 5.32 Å². The number of amides is 3. The summed E-state index contributed by atoms with van der Waals surface area (Å²) >= 11 is 5.84. The van der Waals surface area contributed by atoms with Crippen molar-refractivity contribution in [2.45, 2.75) is 26.4 Å². The van der Waals surface area contributed by atoms with Crippen LogP contribution in [0.15, 0.2) is 72.3 Å². The van der Waals surface area contributed by atoms with E-state index in [9.17, 15) is 9.59 Å². The van der Waals surface area contributed by atoms with Crippen LogP contribution in [-0.2, 0) is 17.9 Å². The van der Waals surface area contributed by atoms with Gasteiger partial charge in [-0.1, -0.05) is 54.1 Å². The molecule has 7 heteroatoms. The van der Waals surface area contributed by atoms with Crippen LogP contribution in [0.2, 0.25) is 5.02 Å². The van der Waals surface area contributed by atoms with E-state index in [0.29, 0.717) is 29.4 Å². The van der Waals surface area contributed by atoms with Crippen molar-refractivity contribution in [3.63, 3.8) is 0 Å². The molecule has 0 aromatic heterocycles. The van der Waals surface area contributed by atoms with Crippen LogP contribution in [0.4, 0.5) is 10.5 Å². The van der Waals surface area contributed by atoms with Crippen LogP contribution in [0.5, 0.6) is 0 Å². The Morgan fingerprint density at radius 1 is 0.967 bits per heavy atom. The molecule has 0 atom stereocenters. The topological polar surface area (TPSA) is 94.1 Å². The van der Waals surface area contributed by atoms with Gasteiger partial charge in [0.2, 0.25) is 5.91 Å². The van der Waals surface area contributed by atoms with Crippen molar-refractivity contribution in [1.82, 2.24) is 10.6 Å². The smallest absolute Gasteiger partial charge is 0.319 e. The molecule has 2 rings (SSSR count). The molecule has 4 N–H and O–H groups in total. The molecule has 3 amide bonds. The minimum atomic E-state index is -0.307. The molecule has 2 aromatic carbocycles. The summed E-state index contributed by atoms with van der Waals surface area (Å²) in [5.41, 5.74) is 3.14. The fourth-order valence-corrected chi connectivity index (χ4v) is 2.62. The van der Waals surface area contributed by atoms with Crippen molar-refractivity contribution in [2.24, 2.45) is 0 Å². The standard InChI is InChI=1S/C23H25ClN4O2/c1-2-3-4-19(14-25)13-22(29)26-15-18-7-11-21(12-8-18)28-23(30)27-16-17-5-9-20(24)10-6-17/h2-12,14,25H,13,15-16H2,1H3,(H,26,29)(H2,27,28,30)/b3-2-,19-4-,25-14?. The maximum Gasteiger partial charge on any atom is 0.319 e. The zero-order valence-electron chi connectivity index (χ0n) is 16.7. The van der Waals surface area contributed by atoms with Crippen molar-refractivity contribution < 1.29 is 9.59 Å². The Morgan fingerprint density at radius 2 is 1.57 bits per heavy atom. The zero-order chi connectivity index (χ0) is 21.8. The molecule has 0 aliphatic carbocycles. The predicted molar refractivity (Wildman–Crippen MR) is 122 cm³/mol. The zero-order valence-corrected chi connectivity index (χ0v) is 17.5. The third-order valence-corrected chi connectivity index (χ3v) is 4.37. The van der Waals surface area contributed by atoms with Gasteiger partial charge in [-0.2, -0.15) is 0 Å². The molecule has 0 saturated heterocycles. The molecule has 0 aliphatic heterocycles. The molecule has 0 heterocycles. The van der Waals surface area contributed by atoms with Gasteiger partial charge >= 0.3 is 6.03 Å². The molecule has 0 saturated carbocycles. The molecule has 0 unspecified atom stereocenters. The second kappa shape index (κ2) is 12.2. The predicted octanol–water partition coefficient (Wildman–Crippen LogP) is 4.82. The first kappa shape index (κ1) is 22.9. The number of carbonyl (C=O) groups is 2. The van der Waals surface area contributed by atoms with E-state index >= 15 is 0 Å². The molecule has 6 nitrogen and oxygen atoms in total. The highest BCUT2D eigenvalue weighted by molar-refractivity contribution is 6.30. The summed E-state index contributed by atoms with van der Waals surface area (Å²) in [7, 11) is 0. The molecule has 0 fully saturated rings. The lowest BCUT2D eigenvalue weighted by molar-refractivity contribution is -0.120. The summed E-state index contributed by atoms with van der Waals surface area (Å²) < 4.78 is 0. The molecule has 0 radical (unpaired) electrons. The maximum absolute atomic E-state index is 12.0. The summed E-state index contributed by atoms with van der Waals surface area (Å²) in [6, 6.07) is 14.2. The number of urea groups is 1. The number of benzene rings is 2. The fourth-order valence-electron chi connectivity index (χ4n) is 2.49. The highest BCUT2D eigenvalue weighted by atomic mass is 35.5. The molecular weight excluding hydrogens is 400 g/mol. The summed E-state index contributed by atoms with van der Waals surface area (Å²) in [4.78, 5) is 24.0. The first-order valence-electron chi connectivity index (χ1n) is 9.47. The monoisotopic (exact) mass is 424 g/mol. The molecule has 30 heavy (non-hydrogen) atoms. The Morgan fingerprint density at radius 3 is 2.17 bits per heavy atom. The Balaban J connectivity index is 1.77. The van der Waals surface area contributed by atoms with Crippen LogP contribution < -0.4 is 16.0 Å². The van der Waals surface area contributed by atoms with Gasteiger partial charge in [0.25, 0.3) is 0 Å². The third-order valence-electron chi connectivity index (χ3n) is 4.12. The molecular formula is C23H25ClN4O2. The normalized spacial score (nSPS) is 11.2. The number of anilines is 1. The van der Waals surface area contributed by atoms with E-state index in [1.165, 1.54) is 6.21 Å². The highest BCUT2D eigenvalue weighted by Gasteiger charge is 2.05. The van der Waals surface area contributed by atoms with E-state index in [1.807, 2.05) is 37.3 Å². The third kappa shape index (κ3) is 8.32. The number of nitrogens with one attached hydrogen (secondary N) is 4. The van der Waals surface area contributed by atoms with Crippen molar-refractivity contribution in [1.29, 1.82) is 5.41 Å². The number of halogens is 1. The van der Waals surface area contributed by atoms with E-state index in [2.05, 4.69) is 16.0 Å². The van der Waals surface area contributed by atoms with Crippen LogP contribution in [0.25, 0.3) is 0 Å².